The van der Waals surface area contributed by atoms with Gasteiger partial charge in [-0.25, -0.2) is 5.84 Å². The maximum atomic E-state index is 10.7. The van der Waals surface area contributed by atoms with Gasteiger partial charge in [0.15, 0.2) is 0 Å². The third-order valence-corrected chi connectivity index (χ3v) is 1.75. The van der Waals surface area contributed by atoms with Gasteiger partial charge in [0.05, 0.1) is 0 Å². The SMILES string of the molecule is CCCCCCCC(=O)N(N)O. The van der Waals surface area contributed by atoms with Crippen LogP contribution < -0.4 is 5.84 Å². The van der Waals surface area contributed by atoms with E-state index >= 15 is 0 Å². The summed E-state index contributed by atoms with van der Waals surface area (Å²) in [4.78, 5) is 10.7. The van der Waals surface area contributed by atoms with Crippen molar-refractivity contribution in [1.29, 1.82) is 0 Å². The van der Waals surface area contributed by atoms with Crippen molar-refractivity contribution in [2.75, 3.05) is 0 Å². The highest BCUT2D eigenvalue weighted by atomic mass is 16.5. The molecule has 12 heavy (non-hydrogen) atoms. The monoisotopic (exact) mass is 174 g/mol. The van der Waals surface area contributed by atoms with Gasteiger partial charge in [0.1, 0.15) is 0 Å². The molecule has 0 heterocycles. The first kappa shape index (κ1) is 11.4. The third-order valence-electron chi connectivity index (χ3n) is 1.75. The van der Waals surface area contributed by atoms with Gasteiger partial charge in [-0.2, -0.15) is 5.17 Å². The first-order chi connectivity index (χ1) is 5.68. The summed E-state index contributed by atoms with van der Waals surface area (Å²) in [7, 11) is 0. The molecular formula is C8H18N2O2. The Bertz CT molecular complexity index is 126. The fraction of sp³-hybridized carbons (Fsp3) is 0.875. The molecular weight excluding hydrogens is 156 g/mol. The molecule has 4 nitrogen and oxygen atoms in total. The molecule has 0 unspecified atom stereocenters. The zero-order chi connectivity index (χ0) is 9.40. The minimum Gasteiger partial charge on any atom is -0.271 e. The lowest BCUT2D eigenvalue weighted by Crippen LogP contribution is -2.33. The van der Waals surface area contributed by atoms with Crippen LogP contribution in [0.25, 0.3) is 0 Å². The summed E-state index contributed by atoms with van der Waals surface area (Å²) in [6.07, 6.45) is 5.74. The molecule has 0 saturated carbocycles. The van der Waals surface area contributed by atoms with Gasteiger partial charge in [0.2, 0.25) is 0 Å². The summed E-state index contributed by atoms with van der Waals surface area (Å²) in [5.74, 6) is 4.41. The normalized spacial score (nSPS) is 9.92. The van der Waals surface area contributed by atoms with E-state index in [0.717, 1.165) is 19.3 Å². The molecule has 0 saturated heterocycles. The van der Waals surface area contributed by atoms with E-state index in [0.29, 0.717) is 6.42 Å². The van der Waals surface area contributed by atoms with E-state index in [1.54, 1.807) is 0 Å². The molecule has 72 valence electrons. The van der Waals surface area contributed by atoms with Gasteiger partial charge in [-0.15, -0.1) is 0 Å². The molecule has 0 aliphatic rings. The zero-order valence-electron chi connectivity index (χ0n) is 7.62. The Labute approximate surface area is 73.3 Å². The number of nitrogens with zero attached hydrogens (tertiary/aromatic N) is 1. The number of carbonyl (C=O) groups excluding carboxylic acids is 1. The van der Waals surface area contributed by atoms with Crippen molar-refractivity contribution in [2.45, 2.75) is 45.4 Å². The van der Waals surface area contributed by atoms with Crippen LogP contribution in [0.15, 0.2) is 0 Å². The molecule has 0 aromatic heterocycles. The van der Waals surface area contributed by atoms with Crippen molar-refractivity contribution in [3.8, 4) is 0 Å². The Balaban J connectivity index is 3.14. The molecule has 0 spiro atoms. The summed E-state index contributed by atoms with van der Waals surface area (Å²) in [6, 6.07) is 0. The maximum absolute atomic E-state index is 10.7. The van der Waals surface area contributed by atoms with Crippen molar-refractivity contribution in [3.63, 3.8) is 0 Å². The number of hydrogen-bond acceptors (Lipinski definition) is 3. The second kappa shape index (κ2) is 7.06. The molecule has 1 amide bonds. The lowest BCUT2D eigenvalue weighted by Gasteiger charge is -2.06. The first-order valence-electron chi connectivity index (χ1n) is 4.45. The van der Waals surface area contributed by atoms with E-state index in [4.69, 9.17) is 11.0 Å². The summed E-state index contributed by atoms with van der Waals surface area (Å²) >= 11 is 0. The molecule has 0 radical (unpaired) electrons. The van der Waals surface area contributed by atoms with E-state index in [9.17, 15) is 4.79 Å². The standard InChI is InChI=1S/C8H18N2O2/c1-2-3-4-5-6-7-8(11)10(9)12/h12H,2-7,9H2,1H3. The molecule has 0 aromatic carbocycles. The maximum Gasteiger partial charge on any atom is 0.260 e. The largest absolute Gasteiger partial charge is 0.271 e. The second-order valence-corrected chi connectivity index (χ2v) is 2.90. The first-order valence-corrected chi connectivity index (χ1v) is 4.45. The number of hydroxylamine groups is 1. The van der Waals surface area contributed by atoms with Crippen molar-refractivity contribution < 1.29 is 10.0 Å². The zero-order valence-corrected chi connectivity index (χ0v) is 7.62. The molecule has 3 N–H and O–H groups in total. The minimum absolute atomic E-state index is 0.166. The van der Waals surface area contributed by atoms with E-state index in [1.165, 1.54) is 12.8 Å². The lowest BCUT2D eigenvalue weighted by molar-refractivity contribution is -0.166. The highest BCUT2D eigenvalue weighted by Crippen LogP contribution is 2.05. The quantitative estimate of drug-likeness (QED) is 0.210. The predicted molar refractivity (Wildman–Crippen MR) is 46.2 cm³/mol. The van der Waals surface area contributed by atoms with Crippen LogP contribution in [0.3, 0.4) is 0 Å². The van der Waals surface area contributed by atoms with Gasteiger partial charge in [0.25, 0.3) is 5.91 Å². The van der Waals surface area contributed by atoms with Gasteiger partial charge in [0, 0.05) is 6.42 Å². The topological polar surface area (TPSA) is 66.6 Å². The van der Waals surface area contributed by atoms with E-state index in [2.05, 4.69) is 6.92 Å². The van der Waals surface area contributed by atoms with E-state index in [-0.39, 0.29) is 5.17 Å². The molecule has 0 aliphatic carbocycles. The average Bonchev–Trinajstić information content (AvgIpc) is 2.03. The summed E-state index contributed by atoms with van der Waals surface area (Å²) in [5.41, 5.74) is 0. The molecule has 0 rings (SSSR count). The summed E-state index contributed by atoms with van der Waals surface area (Å²) < 4.78 is 0. The van der Waals surface area contributed by atoms with Gasteiger partial charge < -0.3 is 0 Å². The van der Waals surface area contributed by atoms with Crippen molar-refractivity contribution in [2.24, 2.45) is 5.84 Å². The summed E-state index contributed by atoms with van der Waals surface area (Å²) in [5, 5.41) is 8.65. The highest BCUT2D eigenvalue weighted by Gasteiger charge is 2.04. The number of unbranched alkanes of at least 4 members (excludes halogenated alkanes) is 4. The average molecular weight is 174 g/mol. The molecule has 0 atom stereocenters. The number of amides is 1. The van der Waals surface area contributed by atoms with Crippen LogP contribution in [0.2, 0.25) is 0 Å². The Morgan fingerprint density at radius 2 is 1.92 bits per heavy atom. The number of rotatable bonds is 6. The molecule has 0 aromatic rings. The van der Waals surface area contributed by atoms with Gasteiger partial charge in [-0.1, -0.05) is 32.6 Å². The summed E-state index contributed by atoms with van der Waals surface area (Å²) in [6.45, 7) is 2.14. The van der Waals surface area contributed by atoms with Crippen LogP contribution >= 0.6 is 0 Å². The fourth-order valence-corrected chi connectivity index (χ4v) is 0.994. The highest BCUT2D eigenvalue weighted by molar-refractivity contribution is 5.74. The van der Waals surface area contributed by atoms with Crippen molar-refractivity contribution >= 4 is 5.91 Å². The van der Waals surface area contributed by atoms with Gasteiger partial charge in [-0.3, -0.25) is 10.0 Å². The van der Waals surface area contributed by atoms with Crippen LogP contribution in [-0.4, -0.2) is 16.3 Å². The van der Waals surface area contributed by atoms with Crippen LogP contribution in [0, 0.1) is 0 Å². The Hall–Kier alpha value is -0.610. The fourth-order valence-electron chi connectivity index (χ4n) is 0.994. The Kier molecular flexibility index (Phi) is 6.70. The van der Waals surface area contributed by atoms with E-state index in [1.807, 2.05) is 0 Å². The van der Waals surface area contributed by atoms with Gasteiger partial charge >= 0.3 is 0 Å². The second-order valence-electron chi connectivity index (χ2n) is 2.90. The number of hydrazine groups is 1. The van der Waals surface area contributed by atoms with Crippen molar-refractivity contribution in [1.82, 2.24) is 5.17 Å². The van der Waals surface area contributed by atoms with Crippen LogP contribution in [-0.2, 0) is 4.79 Å². The van der Waals surface area contributed by atoms with Crippen molar-refractivity contribution in [3.05, 3.63) is 0 Å². The van der Waals surface area contributed by atoms with Gasteiger partial charge in [-0.05, 0) is 6.42 Å². The van der Waals surface area contributed by atoms with Crippen LogP contribution in [0.5, 0.6) is 0 Å². The molecule has 0 bridgehead atoms. The van der Waals surface area contributed by atoms with Crippen LogP contribution in [0.1, 0.15) is 45.4 Å². The molecule has 4 heteroatoms. The lowest BCUT2D eigenvalue weighted by atomic mass is 10.1. The number of hydrogen-bond donors (Lipinski definition) is 2. The number of nitrogens with two attached hydrogens (primary N) is 1. The number of carbonyl (C=O) groups is 1. The third kappa shape index (κ3) is 6.12. The smallest absolute Gasteiger partial charge is 0.260 e. The molecule has 0 fully saturated rings. The minimum atomic E-state index is -0.411. The Morgan fingerprint density at radius 1 is 1.33 bits per heavy atom. The van der Waals surface area contributed by atoms with Crippen LogP contribution in [0.4, 0.5) is 0 Å². The Morgan fingerprint density at radius 3 is 2.42 bits per heavy atom. The molecule has 0 aliphatic heterocycles. The van der Waals surface area contributed by atoms with E-state index < -0.39 is 5.91 Å². The predicted octanol–water partition coefficient (Wildman–Crippen LogP) is 1.44.